The molecule has 0 aliphatic heterocycles. The predicted molar refractivity (Wildman–Crippen MR) is 182 cm³/mol. The molecule has 248 valence electrons. The van der Waals surface area contributed by atoms with Crippen LogP contribution < -0.4 is 15.5 Å². The van der Waals surface area contributed by atoms with E-state index in [9.17, 15) is 19.2 Å². The predicted octanol–water partition coefficient (Wildman–Crippen LogP) is 6.18. The summed E-state index contributed by atoms with van der Waals surface area (Å²) in [7, 11) is 1.41. The van der Waals surface area contributed by atoms with Gasteiger partial charge in [0.1, 0.15) is 12.2 Å². The second-order valence-electron chi connectivity index (χ2n) is 12.2. The summed E-state index contributed by atoms with van der Waals surface area (Å²) in [5, 5.41) is 7.20. The van der Waals surface area contributed by atoms with Crippen LogP contribution in [0, 0.1) is 5.92 Å². The molecule has 1 heterocycles. The summed E-state index contributed by atoms with van der Waals surface area (Å²) in [5.74, 6) is -0.372. The molecule has 0 unspecified atom stereocenters. The number of anilines is 1. The Labute approximate surface area is 273 Å². The maximum atomic E-state index is 13.7. The number of carbonyl (C=O) groups is 4. The molecule has 46 heavy (non-hydrogen) atoms. The molecule has 0 spiro atoms. The first-order valence-electron chi connectivity index (χ1n) is 17.0. The lowest BCUT2D eigenvalue weighted by Crippen LogP contribution is -2.42. The van der Waals surface area contributed by atoms with Crippen LogP contribution in [0.25, 0.3) is 10.9 Å². The summed E-state index contributed by atoms with van der Waals surface area (Å²) in [6.45, 7) is 5.31. The summed E-state index contributed by atoms with van der Waals surface area (Å²) in [6, 6.07) is 17.7. The number of aromatic nitrogens is 1. The largest absolute Gasteiger partial charge is 0.469 e. The smallest absolute Gasteiger partial charge is 0.305 e. The second kappa shape index (κ2) is 17.5. The van der Waals surface area contributed by atoms with Gasteiger partial charge in [-0.05, 0) is 81.7 Å². The lowest BCUT2D eigenvalue weighted by atomic mass is 9.85. The quantitative estimate of drug-likeness (QED) is 0.145. The number of esters is 1. The number of hydrogen-bond donors (Lipinski definition) is 2. The molecule has 1 saturated carbocycles. The molecule has 2 N–H and O–H groups in total. The summed E-state index contributed by atoms with van der Waals surface area (Å²) in [5.41, 5.74) is 3.35. The molecule has 1 aromatic heterocycles. The molecule has 1 fully saturated rings. The van der Waals surface area contributed by atoms with Gasteiger partial charge < -0.3 is 24.8 Å². The number of methoxy groups -OCH3 is 1. The van der Waals surface area contributed by atoms with Crippen molar-refractivity contribution < 1.29 is 23.9 Å². The van der Waals surface area contributed by atoms with Crippen molar-refractivity contribution >= 4 is 40.3 Å². The first-order chi connectivity index (χ1) is 22.3. The van der Waals surface area contributed by atoms with E-state index in [1.165, 1.54) is 12.7 Å². The third-order valence-corrected chi connectivity index (χ3v) is 9.10. The van der Waals surface area contributed by atoms with Crippen LogP contribution in [-0.2, 0) is 32.1 Å². The molecule has 1 aliphatic carbocycles. The number of amides is 3. The van der Waals surface area contributed by atoms with E-state index in [1.54, 1.807) is 4.90 Å². The van der Waals surface area contributed by atoms with E-state index in [-0.39, 0.29) is 42.2 Å². The average molecular weight is 631 g/mol. The number of aryl methyl sites for hydroxylation is 1. The summed E-state index contributed by atoms with van der Waals surface area (Å²) in [4.78, 5) is 53.0. The van der Waals surface area contributed by atoms with Crippen molar-refractivity contribution in [2.75, 3.05) is 25.1 Å². The van der Waals surface area contributed by atoms with E-state index < -0.39 is 0 Å². The minimum absolute atomic E-state index is 0.0207. The van der Waals surface area contributed by atoms with Gasteiger partial charge in [0, 0.05) is 48.1 Å². The highest BCUT2D eigenvalue weighted by atomic mass is 16.5. The number of para-hydroxylation sites is 1. The Morgan fingerprint density at radius 1 is 0.891 bits per heavy atom. The minimum Gasteiger partial charge on any atom is -0.469 e. The highest BCUT2D eigenvalue weighted by Crippen LogP contribution is 2.26. The fourth-order valence-electron chi connectivity index (χ4n) is 6.38. The van der Waals surface area contributed by atoms with Crippen LogP contribution in [0.5, 0.6) is 0 Å². The Bertz CT molecular complexity index is 1470. The number of likely N-dealkylation sites (N-methyl/N-ethyl adjacent to an activating group) is 1. The number of nitrogens with zero attached hydrogens (tertiary/aromatic N) is 2. The number of rotatable bonds is 16. The molecule has 9 nitrogen and oxygen atoms in total. The van der Waals surface area contributed by atoms with E-state index >= 15 is 0 Å². The molecule has 0 radical (unpaired) electrons. The number of ether oxygens (including phenoxy) is 1. The molecule has 0 saturated heterocycles. The molecular weight excluding hydrogens is 580 g/mol. The number of benzene rings is 2. The Hall–Kier alpha value is -4.14. The Balaban J connectivity index is 1.29. The van der Waals surface area contributed by atoms with Gasteiger partial charge >= 0.3 is 5.97 Å². The molecule has 0 atom stereocenters. The Morgan fingerprint density at radius 3 is 2.37 bits per heavy atom. The van der Waals surface area contributed by atoms with Gasteiger partial charge in [-0.2, -0.15) is 0 Å². The number of hydrogen-bond acceptors (Lipinski definition) is 5. The van der Waals surface area contributed by atoms with Crippen LogP contribution in [0.4, 0.5) is 5.69 Å². The highest BCUT2D eigenvalue weighted by molar-refractivity contribution is 6.01. The third-order valence-electron chi connectivity index (χ3n) is 9.10. The first-order valence-corrected chi connectivity index (χ1v) is 17.0. The van der Waals surface area contributed by atoms with Crippen LogP contribution in [0.2, 0.25) is 0 Å². The van der Waals surface area contributed by atoms with Gasteiger partial charge in [-0.15, -0.1) is 0 Å². The third kappa shape index (κ3) is 9.44. The lowest BCUT2D eigenvalue weighted by molar-refractivity contribution is -0.140. The van der Waals surface area contributed by atoms with Gasteiger partial charge in [0.25, 0.3) is 5.91 Å². The van der Waals surface area contributed by atoms with E-state index in [2.05, 4.69) is 34.4 Å². The number of unbranched alkanes of at least 4 members (excludes halogenated alkanes) is 4. The van der Waals surface area contributed by atoms with Crippen molar-refractivity contribution in [3.05, 3.63) is 65.9 Å². The Kier molecular flexibility index (Phi) is 13.2. The van der Waals surface area contributed by atoms with Crippen LogP contribution in [0.15, 0.2) is 54.6 Å². The van der Waals surface area contributed by atoms with Gasteiger partial charge in [-0.3, -0.25) is 19.2 Å². The summed E-state index contributed by atoms with van der Waals surface area (Å²) in [6.07, 6.45) is 9.09. The van der Waals surface area contributed by atoms with E-state index in [4.69, 9.17) is 0 Å². The maximum Gasteiger partial charge on any atom is 0.305 e. The zero-order valence-corrected chi connectivity index (χ0v) is 27.7. The van der Waals surface area contributed by atoms with E-state index in [0.29, 0.717) is 25.2 Å². The summed E-state index contributed by atoms with van der Waals surface area (Å²) >= 11 is 0. The van der Waals surface area contributed by atoms with E-state index in [0.717, 1.165) is 80.8 Å². The van der Waals surface area contributed by atoms with Crippen LogP contribution >= 0.6 is 0 Å². The lowest BCUT2D eigenvalue weighted by Gasteiger charge is -2.28. The van der Waals surface area contributed by atoms with E-state index in [1.807, 2.05) is 54.0 Å². The Morgan fingerprint density at radius 2 is 1.63 bits per heavy atom. The van der Waals surface area contributed by atoms with Gasteiger partial charge in [-0.1, -0.05) is 56.5 Å². The highest BCUT2D eigenvalue weighted by Gasteiger charge is 2.28. The molecule has 3 amide bonds. The summed E-state index contributed by atoms with van der Waals surface area (Å²) < 4.78 is 6.49. The first kappa shape index (κ1) is 34.7. The van der Waals surface area contributed by atoms with Crippen LogP contribution in [-0.4, -0.2) is 54.5 Å². The monoisotopic (exact) mass is 630 g/mol. The van der Waals surface area contributed by atoms with Gasteiger partial charge in [-0.25, -0.2) is 0 Å². The normalized spacial score (nSPS) is 16.2. The molecule has 4 rings (SSSR count). The average Bonchev–Trinajstić information content (AvgIpc) is 3.44. The van der Waals surface area contributed by atoms with Crippen LogP contribution in [0.3, 0.4) is 0 Å². The number of nitrogens with one attached hydrogen (secondary N) is 2. The topological polar surface area (TPSA) is 110 Å². The van der Waals surface area contributed by atoms with Crippen molar-refractivity contribution in [1.82, 2.24) is 15.2 Å². The zero-order valence-electron chi connectivity index (χ0n) is 27.7. The van der Waals surface area contributed by atoms with Crippen molar-refractivity contribution in [2.24, 2.45) is 5.92 Å². The van der Waals surface area contributed by atoms with Gasteiger partial charge in [0.2, 0.25) is 11.8 Å². The van der Waals surface area contributed by atoms with Crippen molar-refractivity contribution in [1.29, 1.82) is 0 Å². The van der Waals surface area contributed by atoms with Crippen molar-refractivity contribution in [3.63, 3.8) is 0 Å². The van der Waals surface area contributed by atoms with Gasteiger partial charge in [0.05, 0.1) is 7.11 Å². The van der Waals surface area contributed by atoms with Gasteiger partial charge in [0.15, 0.2) is 0 Å². The van der Waals surface area contributed by atoms with Crippen molar-refractivity contribution in [3.8, 4) is 0 Å². The zero-order chi connectivity index (χ0) is 32.9. The maximum absolute atomic E-state index is 13.7. The standard InChI is InChI=1S/C37H50N4O5/c1-4-27-14-13-16-31(24-27)40(5-2)34(42)26-41-32-17-11-10-15-29(32)25-33(41)37(45)39-30-21-19-28(20-22-30)36(44)38-23-12-8-6-7-9-18-35(43)46-3/h10-11,13-17,24-25,28,30H,4-9,12,18-23,26H2,1-3H3,(H,38,44)(H,39,45). The molecule has 0 bridgehead atoms. The van der Waals surface area contributed by atoms with Crippen molar-refractivity contribution in [2.45, 2.75) is 97.1 Å². The van der Waals surface area contributed by atoms with Crippen LogP contribution in [0.1, 0.15) is 94.1 Å². The fourth-order valence-corrected chi connectivity index (χ4v) is 6.38. The molecular formula is C37H50N4O5. The molecule has 3 aromatic rings. The number of carbonyl (C=O) groups excluding carboxylic acids is 4. The molecule has 1 aliphatic rings. The minimum atomic E-state index is -0.195. The SMILES string of the molecule is CCc1cccc(N(CC)C(=O)Cn2c(C(=O)NC3CCC(C(=O)NCCCCCCCC(=O)OC)CC3)cc3ccccc32)c1. The molecule has 9 heteroatoms. The second-order valence-corrected chi connectivity index (χ2v) is 12.2. The number of fused-ring (bicyclic) bond motifs is 1. The fraction of sp³-hybridized carbons (Fsp3) is 0.514. The molecule has 2 aromatic carbocycles.